The first-order valence-electron chi connectivity index (χ1n) is 7.50. The lowest BCUT2D eigenvalue weighted by Gasteiger charge is -2.36. The Morgan fingerprint density at radius 1 is 1.23 bits per heavy atom. The summed E-state index contributed by atoms with van der Waals surface area (Å²) < 4.78 is 6.25. The fraction of sp³-hybridized carbons (Fsp3) is 0.500. The summed E-state index contributed by atoms with van der Waals surface area (Å²) >= 11 is 0. The maximum absolute atomic E-state index is 11.6. The molecular weight excluding hydrogens is 290 g/mol. The Balaban J connectivity index is 2.92. The van der Waals surface area contributed by atoms with Gasteiger partial charge in [-0.1, -0.05) is 44.9 Å². The summed E-state index contributed by atoms with van der Waals surface area (Å²) in [4.78, 5) is 13.1. The second-order valence-corrected chi connectivity index (χ2v) is 12.0. The summed E-state index contributed by atoms with van der Waals surface area (Å²) in [6.07, 6.45) is 0. The lowest BCUT2D eigenvalue weighted by Crippen LogP contribution is -2.40. The molecule has 1 rings (SSSR count). The van der Waals surface area contributed by atoms with Crippen LogP contribution in [0.4, 0.5) is 0 Å². The minimum absolute atomic E-state index is 0.175. The summed E-state index contributed by atoms with van der Waals surface area (Å²) in [6, 6.07) is 7.85. The van der Waals surface area contributed by atoms with Crippen molar-refractivity contribution in [2.75, 3.05) is 14.1 Å². The van der Waals surface area contributed by atoms with E-state index in [1.54, 1.807) is 14.1 Å². The molecule has 0 unspecified atom stereocenters. The Labute approximate surface area is 135 Å². The Hall–Kier alpha value is -1.57. The van der Waals surface area contributed by atoms with E-state index in [0.29, 0.717) is 6.61 Å². The van der Waals surface area contributed by atoms with E-state index in [0.717, 1.165) is 11.1 Å². The second kappa shape index (κ2) is 7.13. The van der Waals surface area contributed by atoms with Crippen LogP contribution in [0.5, 0.6) is 0 Å². The normalized spacial score (nSPS) is 11.6. The van der Waals surface area contributed by atoms with E-state index >= 15 is 0 Å². The SMILES string of the molecule is CN(C)C(=O)C#Cc1ccccc1CO[Si](C)(C)C(C)(C)C. The van der Waals surface area contributed by atoms with Gasteiger partial charge in [0.2, 0.25) is 0 Å². The van der Waals surface area contributed by atoms with Crippen LogP contribution in [0.25, 0.3) is 0 Å². The van der Waals surface area contributed by atoms with Crippen molar-refractivity contribution >= 4 is 14.2 Å². The third-order valence-electron chi connectivity index (χ3n) is 4.12. The van der Waals surface area contributed by atoms with Crippen LogP contribution >= 0.6 is 0 Å². The van der Waals surface area contributed by atoms with Crippen molar-refractivity contribution in [2.24, 2.45) is 0 Å². The van der Waals surface area contributed by atoms with E-state index in [9.17, 15) is 4.79 Å². The zero-order chi connectivity index (χ0) is 17.0. The molecule has 0 aliphatic heterocycles. The molecule has 0 aromatic heterocycles. The van der Waals surface area contributed by atoms with Gasteiger partial charge in [0.25, 0.3) is 5.91 Å². The number of hydrogen-bond acceptors (Lipinski definition) is 2. The Morgan fingerprint density at radius 2 is 1.82 bits per heavy atom. The van der Waals surface area contributed by atoms with Gasteiger partial charge in [-0.05, 0) is 29.8 Å². The van der Waals surface area contributed by atoms with Crippen LogP contribution < -0.4 is 0 Å². The molecule has 22 heavy (non-hydrogen) atoms. The summed E-state index contributed by atoms with van der Waals surface area (Å²) in [7, 11) is 1.60. The highest BCUT2D eigenvalue weighted by Gasteiger charge is 2.37. The van der Waals surface area contributed by atoms with Crippen LogP contribution in [-0.4, -0.2) is 33.2 Å². The highest BCUT2D eigenvalue weighted by Crippen LogP contribution is 2.37. The molecule has 3 nitrogen and oxygen atoms in total. The van der Waals surface area contributed by atoms with Gasteiger partial charge >= 0.3 is 0 Å². The lowest BCUT2D eigenvalue weighted by molar-refractivity contribution is -0.122. The van der Waals surface area contributed by atoms with Gasteiger partial charge in [0.15, 0.2) is 8.32 Å². The second-order valence-electron chi connectivity index (χ2n) is 7.16. The molecule has 0 atom stereocenters. The smallest absolute Gasteiger partial charge is 0.298 e. The Morgan fingerprint density at radius 3 is 2.36 bits per heavy atom. The van der Waals surface area contributed by atoms with E-state index in [-0.39, 0.29) is 10.9 Å². The largest absolute Gasteiger partial charge is 0.413 e. The van der Waals surface area contributed by atoms with Crippen molar-refractivity contribution in [3.05, 3.63) is 35.4 Å². The number of hydrogen-bond donors (Lipinski definition) is 0. The molecular formula is C18H27NO2Si. The first-order chi connectivity index (χ1) is 10.0. The molecule has 0 aliphatic rings. The molecule has 1 aromatic carbocycles. The summed E-state index contributed by atoms with van der Waals surface area (Å²) in [5.41, 5.74) is 1.89. The highest BCUT2D eigenvalue weighted by molar-refractivity contribution is 6.74. The molecule has 0 spiro atoms. The van der Waals surface area contributed by atoms with E-state index in [1.165, 1.54) is 4.90 Å². The zero-order valence-corrected chi connectivity index (χ0v) is 15.8. The van der Waals surface area contributed by atoms with Gasteiger partial charge < -0.3 is 9.33 Å². The number of rotatable bonds is 3. The first-order valence-corrected chi connectivity index (χ1v) is 10.4. The average molecular weight is 318 g/mol. The molecule has 0 aliphatic carbocycles. The minimum atomic E-state index is -1.80. The van der Waals surface area contributed by atoms with Crippen LogP contribution in [0.1, 0.15) is 31.9 Å². The number of carbonyl (C=O) groups excluding carboxylic acids is 1. The van der Waals surface area contributed by atoms with Gasteiger partial charge in [-0.15, -0.1) is 0 Å². The molecule has 0 N–H and O–H groups in total. The molecule has 4 heteroatoms. The van der Waals surface area contributed by atoms with Crippen LogP contribution in [0.3, 0.4) is 0 Å². The van der Waals surface area contributed by atoms with Crippen LogP contribution in [-0.2, 0) is 15.8 Å². The molecule has 0 saturated heterocycles. The number of benzene rings is 1. The minimum Gasteiger partial charge on any atom is -0.413 e. The first kappa shape index (κ1) is 18.5. The third-order valence-corrected chi connectivity index (χ3v) is 8.60. The standard InChI is InChI=1S/C18H27NO2Si/c1-18(2,3)22(6,7)21-14-16-11-9-8-10-15(16)12-13-17(20)19(4)5/h8-11H,14H2,1-7H3. The van der Waals surface area contributed by atoms with Crippen molar-refractivity contribution in [2.45, 2.75) is 45.5 Å². The Bertz CT molecular complexity index is 589. The van der Waals surface area contributed by atoms with Crippen molar-refractivity contribution in [3.8, 4) is 11.8 Å². The predicted molar refractivity (Wildman–Crippen MR) is 94.0 cm³/mol. The van der Waals surface area contributed by atoms with Gasteiger partial charge in [-0.3, -0.25) is 4.79 Å². The predicted octanol–water partition coefficient (Wildman–Crippen LogP) is 3.65. The van der Waals surface area contributed by atoms with E-state index < -0.39 is 8.32 Å². The zero-order valence-electron chi connectivity index (χ0n) is 14.8. The van der Waals surface area contributed by atoms with Crippen LogP contribution in [0.15, 0.2) is 24.3 Å². The maximum Gasteiger partial charge on any atom is 0.298 e. The van der Waals surface area contributed by atoms with Gasteiger partial charge in [0.05, 0.1) is 6.61 Å². The van der Waals surface area contributed by atoms with E-state index in [1.807, 2.05) is 24.3 Å². The Kier molecular flexibility index (Phi) is 5.98. The summed E-state index contributed by atoms with van der Waals surface area (Å²) in [5, 5.41) is 0.175. The van der Waals surface area contributed by atoms with Crippen molar-refractivity contribution in [3.63, 3.8) is 0 Å². The maximum atomic E-state index is 11.6. The fourth-order valence-corrected chi connectivity index (χ4v) is 2.42. The van der Waals surface area contributed by atoms with E-state index in [2.05, 4.69) is 45.7 Å². The van der Waals surface area contributed by atoms with Crippen LogP contribution in [0.2, 0.25) is 18.1 Å². The van der Waals surface area contributed by atoms with Crippen molar-refractivity contribution in [1.82, 2.24) is 4.90 Å². The van der Waals surface area contributed by atoms with Gasteiger partial charge in [0, 0.05) is 25.6 Å². The topological polar surface area (TPSA) is 29.5 Å². The molecule has 1 amide bonds. The average Bonchev–Trinajstić information content (AvgIpc) is 2.42. The van der Waals surface area contributed by atoms with Gasteiger partial charge in [0.1, 0.15) is 0 Å². The quantitative estimate of drug-likeness (QED) is 0.629. The monoisotopic (exact) mass is 317 g/mol. The molecule has 0 heterocycles. The fourth-order valence-electron chi connectivity index (χ4n) is 1.48. The molecule has 0 fully saturated rings. The van der Waals surface area contributed by atoms with Crippen molar-refractivity contribution in [1.29, 1.82) is 0 Å². The number of nitrogens with zero attached hydrogens (tertiary/aromatic N) is 1. The highest BCUT2D eigenvalue weighted by atomic mass is 28.4. The molecule has 0 radical (unpaired) electrons. The number of carbonyl (C=O) groups is 1. The summed E-state index contributed by atoms with van der Waals surface area (Å²) in [5.74, 6) is 5.43. The third kappa shape index (κ3) is 5.01. The van der Waals surface area contributed by atoms with Gasteiger partial charge in [-0.2, -0.15) is 0 Å². The molecule has 120 valence electrons. The van der Waals surface area contributed by atoms with E-state index in [4.69, 9.17) is 4.43 Å². The van der Waals surface area contributed by atoms with Crippen molar-refractivity contribution < 1.29 is 9.22 Å². The van der Waals surface area contributed by atoms with Gasteiger partial charge in [-0.25, -0.2) is 0 Å². The number of amides is 1. The molecule has 0 bridgehead atoms. The summed E-state index contributed by atoms with van der Waals surface area (Å²) in [6.45, 7) is 11.7. The lowest BCUT2D eigenvalue weighted by atomic mass is 10.1. The molecule has 0 saturated carbocycles. The van der Waals surface area contributed by atoms with Crippen LogP contribution in [0, 0.1) is 11.8 Å². The molecule has 1 aromatic rings.